The first-order chi connectivity index (χ1) is 13.7. The summed E-state index contributed by atoms with van der Waals surface area (Å²) in [5, 5.41) is 7.19. The second kappa shape index (κ2) is 8.56. The van der Waals surface area contributed by atoms with Crippen molar-refractivity contribution >= 4 is 28.0 Å². The van der Waals surface area contributed by atoms with Crippen LogP contribution in [0.15, 0.2) is 39.8 Å². The number of rotatable bonds is 6. The molecule has 0 unspecified atom stereocenters. The van der Waals surface area contributed by atoms with Crippen LogP contribution in [0.5, 0.6) is 0 Å². The molecule has 0 spiro atoms. The molecular formula is C21H26N4O3. The van der Waals surface area contributed by atoms with E-state index in [1.807, 2.05) is 18.2 Å². The van der Waals surface area contributed by atoms with Gasteiger partial charge < -0.3 is 15.1 Å². The molecule has 7 nitrogen and oxygen atoms in total. The molecule has 0 aliphatic heterocycles. The Morgan fingerprint density at radius 2 is 1.93 bits per heavy atom. The molecule has 4 rings (SSSR count). The van der Waals surface area contributed by atoms with Gasteiger partial charge in [0.15, 0.2) is 0 Å². The zero-order valence-corrected chi connectivity index (χ0v) is 15.9. The van der Waals surface area contributed by atoms with Gasteiger partial charge in [0.05, 0.1) is 6.33 Å². The lowest BCUT2D eigenvalue weighted by molar-refractivity contribution is -0.121. The van der Waals surface area contributed by atoms with Gasteiger partial charge in [-0.2, -0.15) is 0 Å². The van der Waals surface area contributed by atoms with Crippen LogP contribution >= 0.6 is 0 Å². The van der Waals surface area contributed by atoms with Crippen molar-refractivity contribution in [3.05, 3.63) is 40.9 Å². The Bertz CT molecular complexity index is 1020. The molecule has 1 amide bonds. The molecule has 28 heavy (non-hydrogen) atoms. The van der Waals surface area contributed by atoms with Gasteiger partial charge in [0.1, 0.15) is 17.6 Å². The topological polar surface area (TPSA) is 89.2 Å². The highest BCUT2D eigenvalue weighted by molar-refractivity contribution is 6.01. The predicted octanol–water partition coefficient (Wildman–Crippen LogP) is 2.57. The molecule has 0 bridgehead atoms. The van der Waals surface area contributed by atoms with Gasteiger partial charge in [-0.3, -0.25) is 14.2 Å². The van der Waals surface area contributed by atoms with Crippen LogP contribution in [-0.2, 0) is 11.3 Å². The lowest BCUT2D eigenvalue weighted by atomic mass is 10.1. The van der Waals surface area contributed by atoms with Crippen LogP contribution in [0.4, 0.5) is 0 Å². The monoisotopic (exact) mass is 382 g/mol. The highest BCUT2D eigenvalue weighted by Gasteiger charge is 2.15. The molecule has 1 fully saturated rings. The number of aromatic nitrogens is 2. The van der Waals surface area contributed by atoms with Crippen molar-refractivity contribution in [2.24, 2.45) is 0 Å². The molecule has 3 aromatic rings. The van der Waals surface area contributed by atoms with E-state index >= 15 is 0 Å². The van der Waals surface area contributed by atoms with Gasteiger partial charge in [-0.05, 0) is 25.0 Å². The van der Waals surface area contributed by atoms with Gasteiger partial charge >= 0.3 is 0 Å². The molecule has 1 aromatic carbocycles. The molecule has 0 atom stereocenters. The average molecular weight is 382 g/mol. The molecule has 1 aliphatic rings. The predicted molar refractivity (Wildman–Crippen MR) is 108 cm³/mol. The van der Waals surface area contributed by atoms with E-state index in [1.54, 1.807) is 6.07 Å². The maximum absolute atomic E-state index is 12.6. The Kier molecular flexibility index (Phi) is 5.71. The molecule has 148 valence electrons. The van der Waals surface area contributed by atoms with Crippen molar-refractivity contribution in [1.82, 2.24) is 20.2 Å². The summed E-state index contributed by atoms with van der Waals surface area (Å²) in [7, 11) is 0. The van der Waals surface area contributed by atoms with Gasteiger partial charge in [0, 0.05) is 24.5 Å². The number of furan rings is 1. The number of nitrogens with zero attached hydrogens (tertiary/aromatic N) is 2. The quantitative estimate of drug-likeness (QED) is 0.505. The summed E-state index contributed by atoms with van der Waals surface area (Å²) in [6.45, 7) is 1.22. The fraction of sp³-hybridized carbons (Fsp3) is 0.476. The lowest BCUT2D eigenvalue weighted by Crippen LogP contribution is -2.39. The summed E-state index contributed by atoms with van der Waals surface area (Å²) in [4.78, 5) is 29.2. The Balaban J connectivity index is 1.34. The number of carbonyl (C=O) groups is 1. The average Bonchev–Trinajstić information content (AvgIpc) is 2.89. The van der Waals surface area contributed by atoms with E-state index in [0.29, 0.717) is 23.7 Å². The lowest BCUT2D eigenvalue weighted by Gasteiger charge is -2.16. The van der Waals surface area contributed by atoms with Gasteiger partial charge in [0.2, 0.25) is 11.5 Å². The van der Waals surface area contributed by atoms with Crippen molar-refractivity contribution in [2.45, 2.75) is 51.1 Å². The molecular weight excluding hydrogens is 356 g/mol. The fourth-order valence-corrected chi connectivity index (χ4v) is 3.90. The summed E-state index contributed by atoms with van der Waals surface area (Å²) in [5.74, 6) is -0.206. The normalized spacial score (nSPS) is 15.7. The molecule has 0 saturated heterocycles. The number of amides is 1. The van der Waals surface area contributed by atoms with Gasteiger partial charge in [-0.15, -0.1) is 0 Å². The molecule has 1 aliphatic carbocycles. The highest BCUT2D eigenvalue weighted by Crippen LogP contribution is 2.24. The molecule has 2 aromatic heterocycles. The van der Waals surface area contributed by atoms with Crippen molar-refractivity contribution in [2.75, 3.05) is 13.1 Å². The van der Waals surface area contributed by atoms with Crippen LogP contribution in [0, 0.1) is 0 Å². The summed E-state index contributed by atoms with van der Waals surface area (Å²) in [5.41, 5.74) is 0.998. The van der Waals surface area contributed by atoms with E-state index in [9.17, 15) is 9.59 Å². The Morgan fingerprint density at radius 1 is 1.14 bits per heavy atom. The van der Waals surface area contributed by atoms with Crippen molar-refractivity contribution in [3.8, 4) is 0 Å². The minimum atomic E-state index is -0.340. The van der Waals surface area contributed by atoms with Crippen molar-refractivity contribution < 1.29 is 9.21 Å². The minimum absolute atomic E-state index is 0.0672. The summed E-state index contributed by atoms with van der Waals surface area (Å²) in [6, 6.07) is 7.95. The van der Waals surface area contributed by atoms with Gasteiger partial charge in [-0.1, -0.05) is 37.8 Å². The maximum atomic E-state index is 12.6. The standard InChI is InChI=1S/C21H26N4O3/c26-18(23-12-11-22-15-7-3-1-2-4-8-15)13-25-14-24-19-16-9-5-6-10-17(16)28-20(19)21(25)27/h5-6,9-10,14-15,22H,1-4,7-8,11-13H2,(H,23,26). The van der Waals surface area contributed by atoms with E-state index in [2.05, 4.69) is 15.6 Å². The number of hydrogen-bond donors (Lipinski definition) is 2. The first kappa shape index (κ1) is 18.7. The third-order valence-electron chi connectivity index (χ3n) is 5.40. The summed E-state index contributed by atoms with van der Waals surface area (Å²) >= 11 is 0. The number of carbonyl (C=O) groups excluding carboxylic acids is 1. The van der Waals surface area contributed by atoms with Crippen LogP contribution in [0.3, 0.4) is 0 Å². The number of fused-ring (bicyclic) bond motifs is 3. The van der Waals surface area contributed by atoms with Crippen molar-refractivity contribution in [1.29, 1.82) is 0 Å². The number of hydrogen-bond acceptors (Lipinski definition) is 5. The first-order valence-electron chi connectivity index (χ1n) is 10.1. The molecule has 2 heterocycles. The second-order valence-corrected chi connectivity index (χ2v) is 7.45. The van der Waals surface area contributed by atoms with E-state index in [4.69, 9.17) is 4.42 Å². The molecule has 1 saturated carbocycles. The SMILES string of the molecule is O=C(Cn1cnc2c(oc3ccccc32)c1=O)NCCNC1CCCCCC1. The maximum Gasteiger partial charge on any atom is 0.297 e. The molecule has 0 radical (unpaired) electrons. The van der Waals surface area contributed by atoms with Crippen LogP contribution in [0.1, 0.15) is 38.5 Å². The third kappa shape index (κ3) is 4.09. The van der Waals surface area contributed by atoms with Crippen molar-refractivity contribution in [3.63, 3.8) is 0 Å². The number of para-hydroxylation sites is 1. The Morgan fingerprint density at radius 3 is 2.75 bits per heavy atom. The highest BCUT2D eigenvalue weighted by atomic mass is 16.3. The van der Waals surface area contributed by atoms with E-state index in [1.165, 1.54) is 49.4 Å². The fourth-order valence-electron chi connectivity index (χ4n) is 3.90. The van der Waals surface area contributed by atoms with E-state index in [-0.39, 0.29) is 23.6 Å². The zero-order chi connectivity index (χ0) is 19.3. The third-order valence-corrected chi connectivity index (χ3v) is 5.40. The second-order valence-electron chi connectivity index (χ2n) is 7.45. The molecule has 7 heteroatoms. The Labute approximate surface area is 163 Å². The number of nitrogens with one attached hydrogen (secondary N) is 2. The Hall–Kier alpha value is -2.67. The number of benzene rings is 1. The smallest absolute Gasteiger partial charge is 0.297 e. The first-order valence-corrected chi connectivity index (χ1v) is 10.1. The summed E-state index contributed by atoms with van der Waals surface area (Å²) < 4.78 is 6.93. The largest absolute Gasteiger partial charge is 0.448 e. The van der Waals surface area contributed by atoms with Gasteiger partial charge in [0.25, 0.3) is 5.56 Å². The minimum Gasteiger partial charge on any atom is -0.448 e. The molecule has 2 N–H and O–H groups in total. The van der Waals surface area contributed by atoms with E-state index < -0.39 is 0 Å². The van der Waals surface area contributed by atoms with Crippen LogP contribution < -0.4 is 16.2 Å². The van der Waals surface area contributed by atoms with E-state index in [0.717, 1.165) is 11.9 Å². The summed E-state index contributed by atoms with van der Waals surface area (Å²) in [6.07, 6.45) is 9.06. The van der Waals surface area contributed by atoms with Crippen LogP contribution in [0.2, 0.25) is 0 Å². The van der Waals surface area contributed by atoms with Crippen LogP contribution in [0.25, 0.3) is 22.1 Å². The van der Waals surface area contributed by atoms with Gasteiger partial charge in [-0.25, -0.2) is 4.98 Å². The van der Waals surface area contributed by atoms with Crippen LogP contribution in [-0.4, -0.2) is 34.6 Å². The zero-order valence-electron chi connectivity index (χ0n) is 15.9.